The van der Waals surface area contributed by atoms with Crippen molar-refractivity contribution in [2.75, 3.05) is 23.2 Å². The molecule has 0 radical (unpaired) electrons. The monoisotopic (exact) mass is 475 g/mol. The van der Waals surface area contributed by atoms with Gasteiger partial charge >= 0.3 is 0 Å². The van der Waals surface area contributed by atoms with Gasteiger partial charge in [-0.2, -0.15) is 11.8 Å². The summed E-state index contributed by atoms with van der Waals surface area (Å²) in [5.74, 6) is 2.57. The maximum Gasteiger partial charge on any atom is 0.251 e. The number of thioether (sulfide) groups is 1. The zero-order chi connectivity index (χ0) is 23.5. The van der Waals surface area contributed by atoms with Crippen LogP contribution in [0.4, 0.5) is 11.4 Å². The Hall–Kier alpha value is -3.65. The fourth-order valence-electron chi connectivity index (χ4n) is 3.82. The van der Waals surface area contributed by atoms with Crippen LogP contribution in [0.1, 0.15) is 27.0 Å². The van der Waals surface area contributed by atoms with Crippen LogP contribution in [0, 0.1) is 6.92 Å². The lowest BCUT2D eigenvalue weighted by atomic mass is 10.1. The average molecular weight is 476 g/mol. The molecule has 3 aromatic rings. The Balaban J connectivity index is 1.16. The Bertz CT molecular complexity index is 1230. The predicted octanol–water partition coefficient (Wildman–Crippen LogP) is 4.32. The number of carbonyl (C=O) groups is 2. The SMILES string of the molecule is Cc1ccc(CSCC2Nc3ccc(C(=O)NCc4ccc5c(c4)OCO5)cc3NC2=O)cc1. The molecule has 3 aromatic carbocycles. The van der Waals surface area contributed by atoms with Gasteiger partial charge < -0.3 is 25.4 Å². The minimum absolute atomic E-state index is 0.0955. The second-order valence-corrected chi connectivity index (χ2v) is 9.35. The number of aryl methyl sites for hydroxylation is 1. The number of hydrogen-bond donors (Lipinski definition) is 3. The fourth-order valence-corrected chi connectivity index (χ4v) is 4.84. The highest BCUT2D eigenvalue weighted by Crippen LogP contribution is 2.33. The first-order chi connectivity index (χ1) is 16.5. The Labute approximate surface area is 202 Å². The van der Waals surface area contributed by atoms with E-state index in [0.29, 0.717) is 35.0 Å². The normalized spacial score (nSPS) is 15.8. The van der Waals surface area contributed by atoms with Crippen LogP contribution in [0.3, 0.4) is 0 Å². The molecule has 5 rings (SSSR count). The predicted molar refractivity (Wildman–Crippen MR) is 134 cm³/mol. The zero-order valence-corrected chi connectivity index (χ0v) is 19.5. The van der Waals surface area contributed by atoms with E-state index in [9.17, 15) is 9.59 Å². The van der Waals surface area contributed by atoms with E-state index in [1.165, 1.54) is 11.1 Å². The molecule has 3 N–H and O–H groups in total. The molecule has 0 saturated carbocycles. The van der Waals surface area contributed by atoms with E-state index >= 15 is 0 Å². The van der Waals surface area contributed by atoms with E-state index in [1.807, 2.05) is 24.3 Å². The second kappa shape index (κ2) is 9.69. The first-order valence-corrected chi connectivity index (χ1v) is 12.2. The molecule has 34 heavy (non-hydrogen) atoms. The summed E-state index contributed by atoms with van der Waals surface area (Å²) in [6, 6.07) is 19.0. The van der Waals surface area contributed by atoms with E-state index in [0.717, 1.165) is 17.0 Å². The molecule has 2 amide bonds. The number of ether oxygens (including phenoxy) is 2. The van der Waals surface area contributed by atoms with Crippen molar-refractivity contribution in [2.24, 2.45) is 0 Å². The molecule has 0 aliphatic carbocycles. The molecule has 2 aliphatic heterocycles. The Morgan fingerprint density at radius 1 is 1.00 bits per heavy atom. The number of rotatable bonds is 7. The summed E-state index contributed by atoms with van der Waals surface area (Å²) < 4.78 is 10.7. The number of fused-ring (bicyclic) bond motifs is 2. The summed E-state index contributed by atoms with van der Waals surface area (Å²) in [6.07, 6.45) is 0. The fraction of sp³-hybridized carbons (Fsp3) is 0.231. The van der Waals surface area contributed by atoms with Gasteiger partial charge in [-0.25, -0.2) is 0 Å². The van der Waals surface area contributed by atoms with Crippen molar-refractivity contribution in [1.82, 2.24) is 5.32 Å². The summed E-state index contributed by atoms with van der Waals surface area (Å²) in [6.45, 7) is 2.64. The molecule has 0 aromatic heterocycles. The molecule has 7 nitrogen and oxygen atoms in total. The molecule has 2 heterocycles. The van der Waals surface area contributed by atoms with Crippen molar-refractivity contribution < 1.29 is 19.1 Å². The summed E-state index contributed by atoms with van der Waals surface area (Å²) >= 11 is 1.71. The third-order valence-corrected chi connectivity index (χ3v) is 6.86. The smallest absolute Gasteiger partial charge is 0.251 e. The Morgan fingerprint density at radius 3 is 2.65 bits per heavy atom. The molecule has 1 atom stereocenters. The van der Waals surface area contributed by atoms with Crippen LogP contribution in [-0.2, 0) is 17.1 Å². The number of anilines is 2. The number of carbonyl (C=O) groups excluding carboxylic acids is 2. The molecule has 8 heteroatoms. The zero-order valence-electron chi connectivity index (χ0n) is 18.7. The average Bonchev–Trinajstić information content (AvgIpc) is 3.32. The molecular weight excluding hydrogens is 450 g/mol. The lowest BCUT2D eigenvalue weighted by Crippen LogP contribution is -2.40. The van der Waals surface area contributed by atoms with Crippen LogP contribution < -0.4 is 25.4 Å². The first kappa shape index (κ1) is 22.2. The number of nitrogens with one attached hydrogen (secondary N) is 3. The van der Waals surface area contributed by atoms with Crippen LogP contribution in [0.5, 0.6) is 11.5 Å². The minimum atomic E-state index is -0.325. The molecule has 2 aliphatic rings. The van der Waals surface area contributed by atoms with Crippen LogP contribution in [-0.4, -0.2) is 30.4 Å². The highest BCUT2D eigenvalue weighted by Gasteiger charge is 2.26. The topological polar surface area (TPSA) is 88.7 Å². The maximum atomic E-state index is 12.7. The quantitative estimate of drug-likeness (QED) is 0.472. The molecule has 0 spiro atoms. The number of benzene rings is 3. The molecular formula is C26H25N3O4S. The third kappa shape index (κ3) is 4.97. The van der Waals surface area contributed by atoms with Crippen LogP contribution in [0.15, 0.2) is 60.7 Å². The van der Waals surface area contributed by atoms with Crippen molar-refractivity contribution in [3.05, 3.63) is 82.9 Å². The van der Waals surface area contributed by atoms with Gasteiger partial charge in [-0.05, 0) is 48.4 Å². The largest absolute Gasteiger partial charge is 0.454 e. The number of hydrogen-bond acceptors (Lipinski definition) is 6. The van der Waals surface area contributed by atoms with Gasteiger partial charge in [0.2, 0.25) is 12.7 Å². The lowest BCUT2D eigenvalue weighted by Gasteiger charge is -2.27. The Kier molecular flexibility index (Phi) is 6.31. The molecule has 0 fully saturated rings. The molecule has 174 valence electrons. The van der Waals surface area contributed by atoms with Crippen molar-refractivity contribution in [1.29, 1.82) is 0 Å². The van der Waals surface area contributed by atoms with Crippen molar-refractivity contribution in [3.8, 4) is 11.5 Å². The van der Waals surface area contributed by atoms with E-state index in [-0.39, 0.29) is 24.6 Å². The first-order valence-electron chi connectivity index (χ1n) is 11.1. The van der Waals surface area contributed by atoms with E-state index in [2.05, 4.69) is 47.1 Å². The van der Waals surface area contributed by atoms with Gasteiger partial charge in [0.25, 0.3) is 5.91 Å². The van der Waals surface area contributed by atoms with E-state index < -0.39 is 0 Å². The lowest BCUT2D eigenvalue weighted by molar-refractivity contribution is -0.116. The molecule has 1 unspecified atom stereocenters. The van der Waals surface area contributed by atoms with Crippen LogP contribution >= 0.6 is 11.8 Å². The van der Waals surface area contributed by atoms with Gasteiger partial charge in [-0.1, -0.05) is 35.9 Å². The van der Waals surface area contributed by atoms with E-state index in [1.54, 1.807) is 23.9 Å². The van der Waals surface area contributed by atoms with Crippen LogP contribution in [0.25, 0.3) is 0 Å². The van der Waals surface area contributed by atoms with Crippen molar-refractivity contribution in [2.45, 2.75) is 25.3 Å². The van der Waals surface area contributed by atoms with Gasteiger partial charge in [0.05, 0.1) is 11.4 Å². The third-order valence-electron chi connectivity index (χ3n) is 5.75. The van der Waals surface area contributed by atoms with Crippen molar-refractivity contribution in [3.63, 3.8) is 0 Å². The number of amides is 2. The standard InChI is InChI=1S/C26H25N3O4S/c1-16-2-4-17(5-3-16)13-34-14-22-26(31)29-21-11-19(7-8-20(21)28-22)25(30)27-12-18-6-9-23-24(10-18)33-15-32-23/h2-11,22,28H,12-15H2,1H3,(H,27,30)(H,29,31). The Morgan fingerprint density at radius 2 is 1.79 bits per heavy atom. The summed E-state index contributed by atoms with van der Waals surface area (Å²) in [4.78, 5) is 25.3. The van der Waals surface area contributed by atoms with Gasteiger partial charge in [0, 0.05) is 23.6 Å². The van der Waals surface area contributed by atoms with Crippen LogP contribution in [0.2, 0.25) is 0 Å². The van der Waals surface area contributed by atoms with Gasteiger partial charge in [0.1, 0.15) is 6.04 Å². The van der Waals surface area contributed by atoms with Crippen molar-refractivity contribution >= 4 is 35.0 Å². The summed E-state index contributed by atoms with van der Waals surface area (Å²) in [5, 5.41) is 9.15. The molecule has 0 bridgehead atoms. The molecule has 0 saturated heterocycles. The maximum absolute atomic E-state index is 12.7. The summed E-state index contributed by atoms with van der Waals surface area (Å²) in [7, 11) is 0. The van der Waals surface area contributed by atoms with Gasteiger partial charge in [-0.3, -0.25) is 9.59 Å². The van der Waals surface area contributed by atoms with Gasteiger partial charge in [0.15, 0.2) is 11.5 Å². The second-order valence-electron chi connectivity index (χ2n) is 8.32. The minimum Gasteiger partial charge on any atom is -0.454 e. The highest BCUT2D eigenvalue weighted by molar-refractivity contribution is 7.98. The highest BCUT2D eigenvalue weighted by atomic mass is 32.2. The summed E-state index contributed by atoms with van der Waals surface area (Å²) in [5.41, 5.74) is 5.29. The van der Waals surface area contributed by atoms with E-state index in [4.69, 9.17) is 9.47 Å². The van der Waals surface area contributed by atoms with Gasteiger partial charge in [-0.15, -0.1) is 0 Å².